The summed E-state index contributed by atoms with van der Waals surface area (Å²) in [5.41, 5.74) is 2.66. The lowest BCUT2D eigenvalue weighted by Gasteiger charge is -2.14. The SMILES string of the molecule is Cc1nc2cc(C#N)c(NC3=CC(=O)CCC3)nc2n1C. The molecular weight excluding hydrogens is 266 g/mol. The average molecular weight is 281 g/mol. The van der Waals surface area contributed by atoms with Crippen LogP contribution in [0.25, 0.3) is 11.2 Å². The van der Waals surface area contributed by atoms with Gasteiger partial charge in [0.25, 0.3) is 0 Å². The Balaban J connectivity index is 2.06. The minimum atomic E-state index is 0.111. The molecule has 0 aliphatic heterocycles. The zero-order valence-corrected chi connectivity index (χ0v) is 12.0. The van der Waals surface area contributed by atoms with Gasteiger partial charge in [-0.15, -0.1) is 0 Å². The van der Waals surface area contributed by atoms with Crippen molar-refractivity contribution < 1.29 is 4.79 Å². The van der Waals surface area contributed by atoms with Crippen LogP contribution in [-0.2, 0) is 11.8 Å². The highest BCUT2D eigenvalue weighted by atomic mass is 16.1. The lowest BCUT2D eigenvalue weighted by molar-refractivity contribution is -0.115. The van der Waals surface area contributed by atoms with E-state index in [-0.39, 0.29) is 5.78 Å². The fraction of sp³-hybridized carbons (Fsp3) is 0.333. The van der Waals surface area contributed by atoms with Gasteiger partial charge in [0.2, 0.25) is 0 Å². The Bertz CT molecular complexity index is 810. The number of hydrogen-bond acceptors (Lipinski definition) is 5. The molecule has 3 rings (SSSR count). The molecule has 2 aromatic rings. The molecule has 0 bridgehead atoms. The quantitative estimate of drug-likeness (QED) is 0.912. The lowest BCUT2D eigenvalue weighted by Crippen LogP contribution is -2.11. The van der Waals surface area contributed by atoms with E-state index < -0.39 is 0 Å². The molecule has 0 unspecified atom stereocenters. The molecule has 2 heterocycles. The predicted molar refractivity (Wildman–Crippen MR) is 78.5 cm³/mol. The summed E-state index contributed by atoms with van der Waals surface area (Å²) in [7, 11) is 1.89. The first-order valence-electron chi connectivity index (χ1n) is 6.83. The van der Waals surface area contributed by atoms with E-state index in [9.17, 15) is 10.1 Å². The van der Waals surface area contributed by atoms with Crippen LogP contribution in [0, 0.1) is 18.3 Å². The molecule has 2 aromatic heterocycles. The number of nitrogens with one attached hydrogen (secondary N) is 1. The molecule has 0 radical (unpaired) electrons. The van der Waals surface area contributed by atoms with Crippen LogP contribution in [-0.4, -0.2) is 20.3 Å². The van der Waals surface area contributed by atoms with Gasteiger partial charge in [0.05, 0.1) is 5.56 Å². The van der Waals surface area contributed by atoms with Crippen LogP contribution < -0.4 is 5.32 Å². The van der Waals surface area contributed by atoms with Crippen molar-refractivity contribution in [3.8, 4) is 6.07 Å². The topological polar surface area (TPSA) is 83.6 Å². The van der Waals surface area contributed by atoms with Crippen LogP contribution in [0.1, 0.15) is 30.7 Å². The maximum atomic E-state index is 11.5. The zero-order chi connectivity index (χ0) is 15.0. The van der Waals surface area contributed by atoms with E-state index in [4.69, 9.17) is 0 Å². The molecule has 1 aliphatic rings. The molecule has 0 saturated heterocycles. The van der Waals surface area contributed by atoms with Crippen molar-refractivity contribution in [3.63, 3.8) is 0 Å². The number of carbonyl (C=O) groups excluding carboxylic acids is 1. The van der Waals surface area contributed by atoms with E-state index in [2.05, 4.69) is 21.4 Å². The molecule has 0 saturated carbocycles. The Labute approximate surface area is 122 Å². The van der Waals surface area contributed by atoms with Crippen LogP contribution in [0.5, 0.6) is 0 Å². The normalized spacial score (nSPS) is 14.9. The Morgan fingerprint density at radius 3 is 2.90 bits per heavy atom. The first kappa shape index (κ1) is 13.3. The molecule has 0 fully saturated rings. The Hall–Kier alpha value is -2.68. The van der Waals surface area contributed by atoms with E-state index in [0.29, 0.717) is 23.3 Å². The van der Waals surface area contributed by atoms with Crippen LogP contribution in [0.2, 0.25) is 0 Å². The minimum Gasteiger partial charge on any atom is -0.342 e. The zero-order valence-electron chi connectivity index (χ0n) is 12.0. The molecule has 0 amide bonds. The van der Waals surface area contributed by atoms with E-state index in [1.54, 1.807) is 12.1 Å². The van der Waals surface area contributed by atoms with Crippen molar-refractivity contribution in [2.45, 2.75) is 26.2 Å². The average Bonchev–Trinajstić information content (AvgIpc) is 2.73. The van der Waals surface area contributed by atoms with Gasteiger partial charge in [0.1, 0.15) is 17.4 Å². The number of aromatic nitrogens is 3. The third kappa shape index (κ3) is 2.38. The number of nitriles is 1. The summed E-state index contributed by atoms with van der Waals surface area (Å²) in [6, 6.07) is 3.86. The largest absolute Gasteiger partial charge is 0.342 e. The third-order valence-electron chi connectivity index (χ3n) is 3.67. The van der Waals surface area contributed by atoms with Gasteiger partial charge in [-0.25, -0.2) is 9.97 Å². The standard InChI is InChI=1S/C15H15N5O/c1-9-17-13-6-10(8-16)14(19-15(13)20(9)2)18-11-4-3-5-12(21)7-11/h6-7H,3-5H2,1-2H3,(H,18,19). The number of rotatable bonds is 2. The molecule has 1 aliphatic carbocycles. The smallest absolute Gasteiger partial charge is 0.162 e. The van der Waals surface area contributed by atoms with Gasteiger partial charge in [-0.05, 0) is 25.8 Å². The van der Waals surface area contributed by atoms with Crippen LogP contribution >= 0.6 is 0 Å². The maximum absolute atomic E-state index is 11.5. The van der Waals surface area contributed by atoms with Gasteiger partial charge in [0.15, 0.2) is 17.2 Å². The molecule has 1 N–H and O–H groups in total. The van der Waals surface area contributed by atoms with Gasteiger partial charge >= 0.3 is 0 Å². The summed E-state index contributed by atoms with van der Waals surface area (Å²) in [4.78, 5) is 20.3. The number of nitrogens with zero attached hydrogens (tertiary/aromatic N) is 4. The second-order valence-electron chi connectivity index (χ2n) is 5.17. The highest BCUT2D eigenvalue weighted by Gasteiger charge is 2.15. The van der Waals surface area contributed by atoms with Crippen LogP contribution in [0.15, 0.2) is 17.8 Å². The van der Waals surface area contributed by atoms with Crippen LogP contribution in [0.4, 0.5) is 5.82 Å². The van der Waals surface area contributed by atoms with Crippen molar-refractivity contribution in [2.24, 2.45) is 7.05 Å². The van der Waals surface area contributed by atoms with Crippen molar-refractivity contribution >= 4 is 22.8 Å². The Morgan fingerprint density at radius 2 is 2.19 bits per heavy atom. The number of allylic oxidation sites excluding steroid dienone is 2. The van der Waals surface area contributed by atoms with Gasteiger partial charge in [-0.2, -0.15) is 5.26 Å². The molecule has 6 nitrogen and oxygen atoms in total. The number of imidazole rings is 1. The van der Waals surface area contributed by atoms with Gasteiger partial charge in [-0.3, -0.25) is 4.79 Å². The maximum Gasteiger partial charge on any atom is 0.162 e. The Kier molecular flexibility index (Phi) is 3.18. The second-order valence-corrected chi connectivity index (χ2v) is 5.17. The number of anilines is 1. The lowest BCUT2D eigenvalue weighted by atomic mass is 10.0. The van der Waals surface area contributed by atoms with Crippen molar-refractivity contribution in [2.75, 3.05) is 5.32 Å². The number of ketones is 1. The molecule has 106 valence electrons. The van der Waals surface area contributed by atoms with E-state index in [1.165, 1.54) is 0 Å². The number of hydrogen-bond donors (Lipinski definition) is 1. The summed E-state index contributed by atoms with van der Waals surface area (Å²) in [6.07, 6.45) is 3.81. The summed E-state index contributed by atoms with van der Waals surface area (Å²) >= 11 is 0. The summed E-state index contributed by atoms with van der Waals surface area (Å²) in [5, 5.41) is 12.4. The molecular formula is C15H15N5O. The summed E-state index contributed by atoms with van der Waals surface area (Å²) < 4.78 is 1.88. The third-order valence-corrected chi connectivity index (χ3v) is 3.67. The first-order chi connectivity index (χ1) is 10.1. The number of pyridine rings is 1. The second kappa shape index (κ2) is 5.02. The summed E-state index contributed by atoms with van der Waals surface area (Å²) in [6.45, 7) is 1.89. The minimum absolute atomic E-state index is 0.111. The van der Waals surface area contributed by atoms with Crippen molar-refractivity contribution in [1.29, 1.82) is 5.26 Å². The van der Waals surface area contributed by atoms with Crippen molar-refractivity contribution in [1.82, 2.24) is 14.5 Å². The number of fused-ring (bicyclic) bond motifs is 1. The van der Waals surface area contributed by atoms with Gasteiger partial charge < -0.3 is 9.88 Å². The van der Waals surface area contributed by atoms with Crippen LogP contribution in [0.3, 0.4) is 0 Å². The Morgan fingerprint density at radius 1 is 1.38 bits per heavy atom. The fourth-order valence-corrected chi connectivity index (χ4v) is 2.45. The van der Waals surface area contributed by atoms with E-state index in [0.717, 1.165) is 30.0 Å². The predicted octanol–water partition coefficient (Wildman–Crippen LogP) is 2.20. The monoisotopic (exact) mass is 281 g/mol. The van der Waals surface area contributed by atoms with Crippen molar-refractivity contribution in [3.05, 3.63) is 29.2 Å². The number of aryl methyl sites for hydroxylation is 2. The number of carbonyl (C=O) groups is 1. The molecule has 6 heteroatoms. The highest BCUT2D eigenvalue weighted by Crippen LogP contribution is 2.23. The summed E-state index contributed by atoms with van der Waals surface area (Å²) in [5.74, 6) is 1.43. The van der Waals surface area contributed by atoms with E-state index >= 15 is 0 Å². The molecule has 0 atom stereocenters. The molecule has 0 aromatic carbocycles. The highest BCUT2D eigenvalue weighted by molar-refractivity contribution is 5.91. The fourth-order valence-electron chi connectivity index (χ4n) is 2.45. The van der Waals surface area contributed by atoms with Gasteiger partial charge in [0, 0.05) is 25.2 Å². The first-order valence-corrected chi connectivity index (χ1v) is 6.83. The van der Waals surface area contributed by atoms with Gasteiger partial charge in [-0.1, -0.05) is 0 Å². The van der Waals surface area contributed by atoms with E-state index in [1.807, 2.05) is 18.5 Å². The molecule has 0 spiro atoms. The molecule has 21 heavy (non-hydrogen) atoms.